The second kappa shape index (κ2) is 8.81. The van der Waals surface area contributed by atoms with Crippen LogP contribution in [0.3, 0.4) is 0 Å². The fraction of sp³-hybridized carbons (Fsp3) is 0.765. The van der Waals surface area contributed by atoms with Gasteiger partial charge in [-0.15, -0.1) is 0 Å². The minimum Gasteiger partial charge on any atom is -0.465 e. The van der Waals surface area contributed by atoms with Crippen LogP contribution in [0.2, 0.25) is 0 Å². The molecular formula is C17H28N2O2S2. The summed E-state index contributed by atoms with van der Waals surface area (Å²) in [5, 5.41) is 9.47. The Morgan fingerprint density at radius 2 is 2.00 bits per heavy atom. The number of aliphatic hydroxyl groups excluding tert-OH is 1. The Labute approximate surface area is 148 Å². The lowest BCUT2D eigenvalue weighted by Gasteiger charge is -2.44. The van der Waals surface area contributed by atoms with Gasteiger partial charge >= 0.3 is 0 Å². The summed E-state index contributed by atoms with van der Waals surface area (Å²) < 4.78 is 5.75. The highest BCUT2D eigenvalue weighted by Crippen LogP contribution is 2.24. The molecule has 2 aliphatic rings. The summed E-state index contributed by atoms with van der Waals surface area (Å²) in [5.74, 6) is 7.12. The number of nitrogens with zero attached hydrogens (tertiary/aromatic N) is 2. The van der Waals surface area contributed by atoms with E-state index >= 15 is 0 Å². The molecule has 0 aromatic carbocycles. The molecule has 4 nitrogen and oxygen atoms in total. The van der Waals surface area contributed by atoms with Crippen molar-refractivity contribution in [3.8, 4) is 0 Å². The van der Waals surface area contributed by atoms with Crippen molar-refractivity contribution in [2.24, 2.45) is 0 Å². The average molecular weight is 357 g/mol. The van der Waals surface area contributed by atoms with Gasteiger partial charge in [-0.25, -0.2) is 0 Å². The van der Waals surface area contributed by atoms with Gasteiger partial charge in [0.05, 0.1) is 6.54 Å². The van der Waals surface area contributed by atoms with Crippen molar-refractivity contribution in [1.82, 2.24) is 9.80 Å². The molecule has 0 aliphatic carbocycles. The number of aliphatic hydroxyl groups is 1. The van der Waals surface area contributed by atoms with Gasteiger partial charge in [0.15, 0.2) is 0 Å². The molecule has 2 fully saturated rings. The summed E-state index contributed by atoms with van der Waals surface area (Å²) in [4.78, 5) is 5.15. The van der Waals surface area contributed by atoms with Crippen LogP contribution in [0.25, 0.3) is 0 Å². The number of rotatable bonds is 5. The van der Waals surface area contributed by atoms with Crippen LogP contribution in [0.15, 0.2) is 16.5 Å². The third-order valence-corrected chi connectivity index (χ3v) is 7.25. The maximum absolute atomic E-state index is 9.47. The van der Waals surface area contributed by atoms with Crippen molar-refractivity contribution in [1.29, 1.82) is 0 Å². The van der Waals surface area contributed by atoms with E-state index in [1.54, 1.807) is 0 Å². The largest absolute Gasteiger partial charge is 0.465 e. The second-order valence-electron chi connectivity index (χ2n) is 6.45. The van der Waals surface area contributed by atoms with Gasteiger partial charge in [-0.1, -0.05) is 0 Å². The molecule has 1 N–H and O–H groups in total. The molecule has 0 radical (unpaired) electrons. The van der Waals surface area contributed by atoms with Crippen LogP contribution < -0.4 is 0 Å². The van der Waals surface area contributed by atoms with E-state index < -0.39 is 0 Å². The van der Waals surface area contributed by atoms with E-state index in [1.807, 2.05) is 13.0 Å². The molecule has 0 spiro atoms. The van der Waals surface area contributed by atoms with Crippen LogP contribution in [0.4, 0.5) is 0 Å². The standard InChI is InChI=1S/C17H28N2O2S2/c1-14-2-3-17(21-14)11-19-6-5-18(10-15(19)4-7-20)16-12-22-8-9-23-13-16/h2-3,15-16,20H,4-13H2,1H3. The number of hydrogen-bond acceptors (Lipinski definition) is 6. The summed E-state index contributed by atoms with van der Waals surface area (Å²) in [6.07, 6.45) is 0.850. The Morgan fingerprint density at radius 1 is 1.22 bits per heavy atom. The highest BCUT2D eigenvalue weighted by Gasteiger charge is 2.31. The predicted octanol–water partition coefficient (Wildman–Crippen LogP) is 2.31. The minimum absolute atomic E-state index is 0.264. The highest BCUT2D eigenvalue weighted by molar-refractivity contribution is 8.03. The molecule has 130 valence electrons. The average Bonchev–Trinajstić information content (AvgIpc) is 2.79. The summed E-state index contributed by atoms with van der Waals surface area (Å²) in [7, 11) is 0. The van der Waals surface area contributed by atoms with Crippen molar-refractivity contribution < 1.29 is 9.52 Å². The van der Waals surface area contributed by atoms with Crippen LogP contribution in [-0.2, 0) is 6.54 Å². The van der Waals surface area contributed by atoms with Crippen LogP contribution in [0.1, 0.15) is 17.9 Å². The first-order chi connectivity index (χ1) is 11.3. The van der Waals surface area contributed by atoms with Gasteiger partial charge < -0.3 is 9.52 Å². The lowest BCUT2D eigenvalue weighted by molar-refractivity contribution is 0.0366. The zero-order valence-electron chi connectivity index (χ0n) is 13.9. The molecular weight excluding hydrogens is 328 g/mol. The maximum Gasteiger partial charge on any atom is 0.118 e. The van der Waals surface area contributed by atoms with E-state index in [4.69, 9.17) is 4.42 Å². The van der Waals surface area contributed by atoms with Gasteiger partial charge in [0, 0.05) is 61.3 Å². The number of aryl methyl sites for hydroxylation is 1. The van der Waals surface area contributed by atoms with Crippen molar-refractivity contribution in [2.45, 2.75) is 32.0 Å². The first kappa shape index (κ1) is 17.7. The zero-order valence-corrected chi connectivity index (χ0v) is 15.6. The molecule has 3 rings (SSSR count). The third-order valence-electron chi connectivity index (χ3n) is 4.76. The van der Waals surface area contributed by atoms with E-state index in [1.165, 1.54) is 23.0 Å². The van der Waals surface area contributed by atoms with Crippen LogP contribution in [0.5, 0.6) is 0 Å². The van der Waals surface area contributed by atoms with E-state index in [0.717, 1.165) is 44.1 Å². The third kappa shape index (κ3) is 4.92. The Balaban J connectivity index is 1.60. The molecule has 0 bridgehead atoms. The van der Waals surface area contributed by atoms with Gasteiger partial charge in [0.1, 0.15) is 11.5 Å². The molecule has 23 heavy (non-hydrogen) atoms. The first-order valence-electron chi connectivity index (χ1n) is 8.56. The SMILES string of the molecule is Cc1ccc(CN2CCN(C3CSCCSC3)CC2CCO)o1. The van der Waals surface area contributed by atoms with Crippen LogP contribution >= 0.6 is 23.5 Å². The monoisotopic (exact) mass is 356 g/mol. The summed E-state index contributed by atoms with van der Waals surface area (Å²) in [6, 6.07) is 5.24. The first-order valence-corrected chi connectivity index (χ1v) is 10.9. The van der Waals surface area contributed by atoms with Gasteiger partial charge in [0.25, 0.3) is 0 Å². The number of thioether (sulfide) groups is 2. The molecule has 0 amide bonds. The predicted molar refractivity (Wildman–Crippen MR) is 99.4 cm³/mol. The normalized spacial score (nSPS) is 25.6. The topological polar surface area (TPSA) is 39.9 Å². The van der Waals surface area contributed by atoms with E-state index in [-0.39, 0.29) is 6.61 Å². The van der Waals surface area contributed by atoms with Crippen molar-refractivity contribution in [2.75, 3.05) is 49.3 Å². The molecule has 2 aliphatic heterocycles. The lowest BCUT2D eigenvalue weighted by atomic mass is 10.1. The zero-order chi connectivity index (χ0) is 16.1. The quantitative estimate of drug-likeness (QED) is 0.873. The summed E-state index contributed by atoms with van der Waals surface area (Å²) in [6.45, 7) is 6.39. The van der Waals surface area contributed by atoms with E-state index in [2.05, 4.69) is 39.4 Å². The van der Waals surface area contributed by atoms with E-state index in [9.17, 15) is 5.11 Å². The molecule has 1 aromatic heterocycles. The van der Waals surface area contributed by atoms with Gasteiger partial charge in [-0.3, -0.25) is 9.80 Å². The molecule has 1 atom stereocenters. The fourth-order valence-corrected chi connectivity index (χ4v) is 6.09. The maximum atomic E-state index is 9.47. The smallest absolute Gasteiger partial charge is 0.118 e. The molecule has 6 heteroatoms. The number of furan rings is 1. The summed E-state index contributed by atoms with van der Waals surface area (Å²) in [5.41, 5.74) is 0. The Hall–Kier alpha value is -0.140. The summed E-state index contributed by atoms with van der Waals surface area (Å²) >= 11 is 4.20. The van der Waals surface area contributed by atoms with Crippen molar-refractivity contribution in [3.63, 3.8) is 0 Å². The van der Waals surface area contributed by atoms with E-state index in [0.29, 0.717) is 12.1 Å². The van der Waals surface area contributed by atoms with Gasteiger partial charge in [-0.2, -0.15) is 23.5 Å². The van der Waals surface area contributed by atoms with Crippen molar-refractivity contribution in [3.05, 3.63) is 23.7 Å². The van der Waals surface area contributed by atoms with Gasteiger partial charge in [-0.05, 0) is 25.5 Å². The Morgan fingerprint density at radius 3 is 2.65 bits per heavy atom. The molecule has 1 aromatic rings. The Kier molecular flexibility index (Phi) is 6.77. The van der Waals surface area contributed by atoms with Crippen LogP contribution in [-0.4, -0.2) is 76.2 Å². The molecule has 1 unspecified atom stereocenters. The lowest BCUT2D eigenvalue weighted by Crippen LogP contribution is -2.56. The minimum atomic E-state index is 0.264. The van der Waals surface area contributed by atoms with Gasteiger partial charge in [0.2, 0.25) is 0 Å². The molecule has 0 saturated carbocycles. The molecule has 2 saturated heterocycles. The Bertz CT molecular complexity index is 475. The number of piperazine rings is 1. The second-order valence-corrected chi connectivity index (χ2v) is 8.75. The highest BCUT2D eigenvalue weighted by atomic mass is 32.2. The number of hydrogen-bond donors (Lipinski definition) is 1. The van der Waals surface area contributed by atoms with Crippen LogP contribution in [0, 0.1) is 6.92 Å². The van der Waals surface area contributed by atoms with Crippen molar-refractivity contribution >= 4 is 23.5 Å². The fourth-order valence-electron chi connectivity index (χ4n) is 3.47. The molecule has 3 heterocycles.